The molecule has 1 N–H and O–H groups in total. The van der Waals surface area contributed by atoms with Crippen molar-refractivity contribution in [2.24, 2.45) is 0 Å². The summed E-state index contributed by atoms with van der Waals surface area (Å²) in [5.74, 6) is -1.11. The van der Waals surface area contributed by atoms with E-state index in [4.69, 9.17) is 9.84 Å². The Labute approximate surface area is 124 Å². The van der Waals surface area contributed by atoms with E-state index in [-0.39, 0.29) is 11.9 Å². The van der Waals surface area contributed by atoms with Crippen molar-refractivity contribution < 1.29 is 19.4 Å². The van der Waals surface area contributed by atoms with Crippen molar-refractivity contribution in [3.8, 4) is 0 Å². The molecule has 1 rings (SSSR count). The highest BCUT2D eigenvalue weighted by atomic mass is 16.5. The minimum Gasteiger partial charge on any atom is -0.478 e. The summed E-state index contributed by atoms with van der Waals surface area (Å²) in [6.45, 7) is 4.88. The third kappa shape index (κ3) is 5.39. The molecular formula is C16H21NO4. The second-order valence-electron chi connectivity index (χ2n) is 4.88. The van der Waals surface area contributed by atoms with E-state index in [0.29, 0.717) is 24.3 Å². The minimum absolute atomic E-state index is 0.0610. The number of aliphatic carboxylic acids is 1. The molecule has 0 heterocycles. The van der Waals surface area contributed by atoms with E-state index in [0.717, 1.165) is 6.08 Å². The summed E-state index contributed by atoms with van der Waals surface area (Å²) in [5, 5.41) is 8.64. The Balaban J connectivity index is 2.94. The summed E-state index contributed by atoms with van der Waals surface area (Å²) in [5.41, 5.74) is 1.21. The van der Waals surface area contributed by atoms with Gasteiger partial charge >= 0.3 is 5.97 Å². The molecule has 0 atom stereocenters. The number of methoxy groups -OCH3 is 1. The van der Waals surface area contributed by atoms with E-state index in [1.165, 1.54) is 6.08 Å². The molecule has 0 aliphatic heterocycles. The predicted octanol–water partition coefficient (Wildman–Crippen LogP) is 2.28. The molecule has 0 aliphatic rings. The maximum Gasteiger partial charge on any atom is 0.328 e. The second kappa shape index (κ2) is 8.21. The number of benzene rings is 1. The summed E-state index contributed by atoms with van der Waals surface area (Å²) in [6.07, 6.45) is 2.52. The third-order valence-corrected chi connectivity index (χ3v) is 2.97. The van der Waals surface area contributed by atoms with Gasteiger partial charge in [0, 0.05) is 31.3 Å². The Morgan fingerprint density at radius 1 is 1.38 bits per heavy atom. The van der Waals surface area contributed by atoms with Gasteiger partial charge in [0.2, 0.25) is 0 Å². The number of carbonyl (C=O) groups excluding carboxylic acids is 1. The first-order chi connectivity index (χ1) is 9.95. The number of carbonyl (C=O) groups is 2. The molecule has 0 fully saturated rings. The van der Waals surface area contributed by atoms with Crippen LogP contribution in [-0.2, 0) is 9.53 Å². The summed E-state index contributed by atoms with van der Waals surface area (Å²) in [4.78, 5) is 24.8. The molecule has 5 heteroatoms. The molecule has 0 saturated heterocycles. The van der Waals surface area contributed by atoms with E-state index in [1.54, 1.807) is 36.3 Å². The Hall–Kier alpha value is -2.14. The number of rotatable bonds is 7. The highest BCUT2D eigenvalue weighted by Gasteiger charge is 2.18. The fourth-order valence-corrected chi connectivity index (χ4v) is 1.89. The van der Waals surface area contributed by atoms with Crippen LogP contribution in [0.15, 0.2) is 30.3 Å². The monoisotopic (exact) mass is 291 g/mol. The van der Waals surface area contributed by atoms with Crippen molar-refractivity contribution in [1.29, 1.82) is 0 Å². The first kappa shape index (κ1) is 16.9. The number of amides is 1. The van der Waals surface area contributed by atoms with E-state index < -0.39 is 5.97 Å². The first-order valence-electron chi connectivity index (χ1n) is 6.76. The van der Waals surface area contributed by atoms with E-state index in [9.17, 15) is 9.59 Å². The van der Waals surface area contributed by atoms with Gasteiger partial charge in [0.05, 0.1) is 6.61 Å². The highest BCUT2D eigenvalue weighted by molar-refractivity contribution is 5.95. The molecular weight excluding hydrogens is 270 g/mol. The quantitative estimate of drug-likeness (QED) is 0.783. The largest absolute Gasteiger partial charge is 0.478 e. The van der Waals surface area contributed by atoms with Gasteiger partial charge in [-0.05, 0) is 37.6 Å². The number of carboxylic acids is 1. The van der Waals surface area contributed by atoms with Gasteiger partial charge in [0.1, 0.15) is 0 Å². The Kier molecular flexibility index (Phi) is 6.62. The molecule has 0 bridgehead atoms. The molecule has 1 aromatic carbocycles. The molecule has 0 spiro atoms. The maximum atomic E-state index is 12.5. The zero-order valence-corrected chi connectivity index (χ0v) is 12.6. The van der Waals surface area contributed by atoms with Gasteiger partial charge in [-0.1, -0.05) is 12.1 Å². The van der Waals surface area contributed by atoms with Gasteiger partial charge in [0.15, 0.2) is 0 Å². The van der Waals surface area contributed by atoms with Crippen LogP contribution in [0.1, 0.15) is 29.8 Å². The van der Waals surface area contributed by atoms with Crippen LogP contribution >= 0.6 is 0 Å². The van der Waals surface area contributed by atoms with Crippen LogP contribution in [0.2, 0.25) is 0 Å². The van der Waals surface area contributed by atoms with Crippen molar-refractivity contribution in [2.75, 3.05) is 20.3 Å². The number of hydrogen-bond donors (Lipinski definition) is 1. The number of ether oxygens (including phenoxy) is 1. The van der Waals surface area contributed by atoms with Gasteiger partial charge in [0.25, 0.3) is 5.91 Å². The molecule has 1 aromatic rings. The third-order valence-electron chi connectivity index (χ3n) is 2.97. The van der Waals surface area contributed by atoms with Gasteiger partial charge in [-0.3, -0.25) is 4.79 Å². The molecule has 0 aromatic heterocycles. The molecule has 5 nitrogen and oxygen atoms in total. The molecule has 0 unspecified atom stereocenters. The van der Waals surface area contributed by atoms with Crippen LogP contribution in [-0.4, -0.2) is 48.2 Å². The fourth-order valence-electron chi connectivity index (χ4n) is 1.89. The van der Waals surface area contributed by atoms with E-state index in [1.807, 2.05) is 13.8 Å². The minimum atomic E-state index is -1.02. The van der Waals surface area contributed by atoms with Crippen LogP contribution in [0.5, 0.6) is 0 Å². The van der Waals surface area contributed by atoms with Crippen LogP contribution < -0.4 is 0 Å². The smallest absolute Gasteiger partial charge is 0.328 e. The lowest BCUT2D eigenvalue weighted by Crippen LogP contribution is -2.39. The summed E-state index contributed by atoms with van der Waals surface area (Å²) in [7, 11) is 1.60. The molecule has 0 saturated carbocycles. The van der Waals surface area contributed by atoms with Crippen LogP contribution in [0.3, 0.4) is 0 Å². The normalized spacial score (nSPS) is 11.0. The lowest BCUT2D eigenvalue weighted by Gasteiger charge is -2.26. The predicted molar refractivity (Wildman–Crippen MR) is 81.2 cm³/mol. The molecule has 21 heavy (non-hydrogen) atoms. The van der Waals surface area contributed by atoms with Gasteiger partial charge in [-0.2, -0.15) is 0 Å². The fraction of sp³-hybridized carbons (Fsp3) is 0.375. The molecule has 114 valence electrons. The van der Waals surface area contributed by atoms with Crippen LogP contribution in [0.25, 0.3) is 6.08 Å². The Morgan fingerprint density at radius 3 is 2.67 bits per heavy atom. The van der Waals surface area contributed by atoms with Crippen molar-refractivity contribution in [2.45, 2.75) is 19.9 Å². The standard InChI is InChI=1S/C16H21NO4/c1-12(2)17(9-10-21-3)16(20)14-6-4-5-13(11-14)7-8-15(18)19/h4-8,11-12H,9-10H2,1-3H3,(H,18,19)/b8-7+. The zero-order valence-electron chi connectivity index (χ0n) is 12.6. The summed E-state index contributed by atoms with van der Waals surface area (Å²) < 4.78 is 5.03. The number of carboxylic acid groups (broad SMARTS) is 1. The van der Waals surface area contributed by atoms with Crippen LogP contribution in [0.4, 0.5) is 0 Å². The molecule has 0 aliphatic carbocycles. The topological polar surface area (TPSA) is 66.8 Å². The SMILES string of the molecule is COCCN(C(=O)c1cccc(/C=C/C(=O)O)c1)C(C)C. The average Bonchev–Trinajstić information content (AvgIpc) is 2.45. The second-order valence-corrected chi connectivity index (χ2v) is 4.88. The van der Waals surface area contributed by atoms with Crippen molar-refractivity contribution in [3.05, 3.63) is 41.5 Å². The molecule has 0 radical (unpaired) electrons. The first-order valence-corrected chi connectivity index (χ1v) is 6.76. The van der Waals surface area contributed by atoms with Crippen molar-refractivity contribution in [3.63, 3.8) is 0 Å². The number of nitrogens with zero attached hydrogens (tertiary/aromatic N) is 1. The van der Waals surface area contributed by atoms with Crippen molar-refractivity contribution >= 4 is 18.0 Å². The van der Waals surface area contributed by atoms with Gasteiger partial charge in [-0.15, -0.1) is 0 Å². The van der Waals surface area contributed by atoms with E-state index >= 15 is 0 Å². The average molecular weight is 291 g/mol. The van der Waals surface area contributed by atoms with Gasteiger partial charge in [-0.25, -0.2) is 4.79 Å². The highest BCUT2D eigenvalue weighted by Crippen LogP contribution is 2.12. The van der Waals surface area contributed by atoms with Gasteiger partial charge < -0.3 is 14.7 Å². The molecule has 1 amide bonds. The lowest BCUT2D eigenvalue weighted by molar-refractivity contribution is -0.131. The Bertz CT molecular complexity index is 523. The van der Waals surface area contributed by atoms with E-state index in [2.05, 4.69) is 0 Å². The maximum absolute atomic E-state index is 12.5. The number of hydrogen-bond acceptors (Lipinski definition) is 3. The lowest BCUT2D eigenvalue weighted by atomic mass is 10.1. The zero-order chi connectivity index (χ0) is 15.8. The summed E-state index contributed by atoms with van der Waals surface area (Å²) >= 11 is 0. The summed E-state index contributed by atoms with van der Waals surface area (Å²) in [6, 6.07) is 6.97. The van der Waals surface area contributed by atoms with Crippen molar-refractivity contribution in [1.82, 2.24) is 4.90 Å². The Morgan fingerprint density at radius 2 is 2.10 bits per heavy atom. The van der Waals surface area contributed by atoms with Crippen LogP contribution in [0, 0.1) is 0 Å².